The average molecular weight is 299 g/mol. The van der Waals surface area contributed by atoms with Crippen molar-refractivity contribution in [3.8, 4) is 0 Å². The van der Waals surface area contributed by atoms with E-state index in [0.717, 1.165) is 16.3 Å². The number of thiocarbonyl (C=S) groups is 1. The van der Waals surface area contributed by atoms with Crippen LogP contribution in [0.15, 0.2) is 18.2 Å². The van der Waals surface area contributed by atoms with E-state index in [9.17, 15) is 0 Å². The van der Waals surface area contributed by atoms with Gasteiger partial charge in [-0.05, 0) is 36.8 Å². The van der Waals surface area contributed by atoms with Crippen LogP contribution in [0.1, 0.15) is 18.4 Å². The first kappa shape index (κ1) is 14.6. The van der Waals surface area contributed by atoms with Crippen molar-refractivity contribution < 1.29 is 4.90 Å². The van der Waals surface area contributed by atoms with Gasteiger partial charge in [-0.3, -0.25) is 0 Å². The molecule has 19 heavy (non-hydrogen) atoms. The van der Waals surface area contributed by atoms with Gasteiger partial charge in [0, 0.05) is 29.6 Å². The van der Waals surface area contributed by atoms with Gasteiger partial charge in [0.2, 0.25) is 0 Å². The minimum atomic E-state index is 0.490. The Hall–Kier alpha value is -0.840. The van der Waals surface area contributed by atoms with Crippen LogP contribution in [-0.4, -0.2) is 31.3 Å². The van der Waals surface area contributed by atoms with Crippen molar-refractivity contribution in [3.05, 3.63) is 28.8 Å². The van der Waals surface area contributed by atoms with Gasteiger partial charge in [-0.25, -0.2) is 0 Å². The van der Waals surface area contributed by atoms with E-state index in [1.807, 2.05) is 25.1 Å². The summed E-state index contributed by atoms with van der Waals surface area (Å²) in [5.74, 6) is 0. The second kappa shape index (κ2) is 6.55. The van der Waals surface area contributed by atoms with Crippen LogP contribution in [0.3, 0.4) is 0 Å². The monoisotopic (exact) mass is 298 g/mol. The maximum Gasteiger partial charge on any atom is 0.171 e. The number of piperidine rings is 1. The van der Waals surface area contributed by atoms with Gasteiger partial charge in [0.15, 0.2) is 5.11 Å². The Kier molecular flexibility index (Phi) is 5.02. The predicted octanol–water partition coefficient (Wildman–Crippen LogP) is 1.61. The summed E-state index contributed by atoms with van der Waals surface area (Å²) in [6.07, 6.45) is 2.34. The van der Waals surface area contributed by atoms with E-state index in [-0.39, 0.29) is 0 Å². The van der Waals surface area contributed by atoms with Gasteiger partial charge >= 0.3 is 0 Å². The quantitative estimate of drug-likeness (QED) is 0.725. The van der Waals surface area contributed by atoms with Crippen molar-refractivity contribution in [3.63, 3.8) is 0 Å². The second-order valence-electron chi connectivity index (χ2n) is 5.29. The van der Waals surface area contributed by atoms with Crippen molar-refractivity contribution in [2.75, 3.05) is 25.5 Å². The number of quaternary nitrogens is 1. The summed E-state index contributed by atoms with van der Waals surface area (Å²) in [6.45, 7) is 4.40. The zero-order valence-corrected chi connectivity index (χ0v) is 13.0. The molecule has 1 saturated heterocycles. The zero-order chi connectivity index (χ0) is 13.8. The molecule has 0 saturated carbocycles. The third-order valence-corrected chi connectivity index (χ3v) is 4.23. The molecule has 1 aromatic rings. The molecule has 1 aliphatic heterocycles. The predicted molar refractivity (Wildman–Crippen MR) is 85.2 cm³/mol. The minimum absolute atomic E-state index is 0.490. The van der Waals surface area contributed by atoms with E-state index in [0.29, 0.717) is 11.2 Å². The molecule has 2 rings (SSSR count). The zero-order valence-electron chi connectivity index (χ0n) is 11.4. The lowest BCUT2D eigenvalue weighted by Gasteiger charge is -2.28. The molecule has 0 amide bonds. The SMILES string of the molecule is Cc1ccc(NC(=S)NC2CC[NH+](C)CC2)cc1Cl. The van der Waals surface area contributed by atoms with Crippen molar-refractivity contribution >= 4 is 34.6 Å². The number of nitrogens with one attached hydrogen (secondary N) is 3. The molecular formula is C14H21ClN3S+. The van der Waals surface area contributed by atoms with Crippen LogP contribution in [0.5, 0.6) is 0 Å². The Balaban J connectivity index is 1.85. The van der Waals surface area contributed by atoms with Crippen LogP contribution < -0.4 is 15.5 Å². The van der Waals surface area contributed by atoms with Crippen molar-refractivity contribution in [2.45, 2.75) is 25.8 Å². The van der Waals surface area contributed by atoms with E-state index in [2.05, 4.69) is 17.7 Å². The molecule has 3 nitrogen and oxygen atoms in total. The molecule has 0 radical (unpaired) electrons. The second-order valence-corrected chi connectivity index (χ2v) is 6.11. The lowest BCUT2D eigenvalue weighted by Crippen LogP contribution is -3.10. The van der Waals surface area contributed by atoms with E-state index < -0.39 is 0 Å². The van der Waals surface area contributed by atoms with E-state index in [1.54, 1.807) is 4.90 Å². The molecule has 0 aromatic heterocycles. The normalized spacial score (nSPS) is 22.9. The lowest BCUT2D eigenvalue weighted by atomic mass is 10.1. The Morgan fingerprint density at radius 1 is 1.37 bits per heavy atom. The van der Waals surface area contributed by atoms with E-state index in [1.165, 1.54) is 25.9 Å². The van der Waals surface area contributed by atoms with Crippen LogP contribution >= 0.6 is 23.8 Å². The largest absolute Gasteiger partial charge is 0.359 e. The van der Waals surface area contributed by atoms with E-state index in [4.69, 9.17) is 23.8 Å². The van der Waals surface area contributed by atoms with Gasteiger partial charge in [-0.2, -0.15) is 0 Å². The number of anilines is 1. The van der Waals surface area contributed by atoms with E-state index >= 15 is 0 Å². The maximum atomic E-state index is 6.10. The van der Waals surface area contributed by atoms with Crippen LogP contribution in [0, 0.1) is 6.92 Å². The molecule has 0 aliphatic carbocycles. The average Bonchev–Trinajstić information content (AvgIpc) is 2.37. The Morgan fingerprint density at radius 2 is 2.05 bits per heavy atom. The first-order chi connectivity index (χ1) is 9.04. The first-order valence-corrected chi connectivity index (χ1v) is 7.48. The van der Waals surface area contributed by atoms with Crippen LogP contribution in [0.4, 0.5) is 5.69 Å². The molecule has 5 heteroatoms. The highest BCUT2D eigenvalue weighted by molar-refractivity contribution is 7.80. The first-order valence-electron chi connectivity index (χ1n) is 6.69. The highest BCUT2D eigenvalue weighted by Crippen LogP contribution is 2.19. The van der Waals surface area contributed by atoms with Crippen LogP contribution in [-0.2, 0) is 0 Å². The van der Waals surface area contributed by atoms with Crippen molar-refractivity contribution in [2.24, 2.45) is 0 Å². The summed E-state index contributed by atoms with van der Waals surface area (Å²) >= 11 is 11.4. The molecule has 3 N–H and O–H groups in total. The van der Waals surface area contributed by atoms with Crippen LogP contribution in [0.2, 0.25) is 5.02 Å². The number of halogens is 1. The van der Waals surface area contributed by atoms with Gasteiger partial charge in [-0.1, -0.05) is 17.7 Å². The summed E-state index contributed by atoms with van der Waals surface area (Å²) in [6, 6.07) is 6.38. The number of likely N-dealkylation sites (tertiary alicyclic amines) is 1. The number of benzene rings is 1. The Morgan fingerprint density at radius 3 is 2.68 bits per heavy atom. The van der Waals surface area contributed by atoms with Gasteiger partial charge < -0.3 is 15.5 Å². The number of aryl methyl sites for hydroxylation is 1. The fourth-order valence-electron chi connectivity index (χ4n) is 2.28. The molecule has 1 aliphatic rings. The highest BCUT2D eigenvalue weighted by Gasteiger charge is 2.19. The smallest absolute Gasteiger partial charge is 0.171 e. The molecule has 0 atom stereocenters. The molecule has 1 heterocycles. The fourth-order valence-corrected chi connectivity index (χ4v) is 2.74. The lowest BCUT2D eigenvalue weighted by molar-refractivity contribution is -0.884. The summed E-state index contributed by atoms with van der Waals surface area (Å²) in [7, 11) is 2.24. The molecule has 0 unspecified atom stereocenters. The van der Waals surface area contributed by atoms with Gasteiger partial charge in [0.25, 0.3) is 0 Å². The van der Waals surface area contributed by atoms with Crippen LogP contribution in [0.25, 0.3) is 0 Å². The molecule has 104 valence electrons. The molecule has 1 aromatic carbocycles. The standard InChI is InChI=1S/C14H20ClN3S/c1-10-3-4-12(9-13(10)15)17-14(19)16-11-5-7-18(2)8-6-11/h3-4,9,11H,5-8H2,1-2H3,(H2,16,17,19)/p+1. The fraction of sp³-hybridized carbons (Fsp3) is 0.500. The molecule has 0 spiro atoms. The third kappa shape index (κ3) is 4.34. The molecular weight excluding hydrogens is 278 g/mol. The number of rotatable bonds is 2. The highest BCUT2D eigenvalue weighted by atomic mass is 35.5. The molecule has 1 fully saturated rings. The van der Waals surface area contributed by atoms with Crippen molar-refractivity contribution in [1.29, 1.82) is 0 Å². The van der Waals surface area contributed by atoms with Gasteiger partial charge in [0.05, 0.1) is 20.1 Å². The number of hydrogen-bond acceptors (Lipinski definition) is 1. The summed E-state index contributed by atoms with van der Waals surface area (Å²) < 4.78 is 0. The van der Waals surface area contributed by atoms with Gasteiger partial charge in [-0.15, -0.1) is 0 Å². The Labute approximate surface area is 125 Å². The Bertz CT molecular complexity index is 456. The summed E-state index contributed by atoms with van der Waals surface area (Å²) in [4.78, 5) is 1.60. The third-order valence-electron chi connectivity index (χ3n) is 3.60. The number of hydrogen-bond donors (Lipinski definition) is 3. The van der Waals surface area contributed by atoms with Gasteiger partial charge in [0.1, 0.15) is 0 Å². The van der Waals surface area contributed by atoms with Crippen molar-refractivity contribution in [1.82, 2.24) is 5.32 Å². The minimum Gasteiger partial charge on any atom is -0.359 e. The topological polar surface area (TPSA) is 28.5 Å². The maximum absolute atomic E-state index is 6.10. The summed E-state index contributed by atoms with van der Waals surface area (Å²) in [5, 5.41) is 8.03. The summed E-state index contributed by atoms with van der Waals surface area (Å²) in [5.41, 5.74) is 2.01. The molecule has 0 bridgehead atoms.